The molecule has 7 heteroatoms. The van der Waals surface area contributed by atoms with Crippen molar-refractivity contribution >= 4 is 29.4 Å². The first-order chi connectivity index (χ1) is 11.2. The molecular formula is C17H22ClN3O3. The van der Waals surface area contributed by atoms with Gasteiger partial charge in [0.25, 0.3) is 5.91 Å². The standard InChI is InChI=1S/C17H22ClN3O3/c1-11(2)8-9-19-14(22)10-21-15(23)17(3,20-16(21)24)12-4-6-13(18)7-5-12/h4-7,11H,8-10H2,1-3H3,(H,19,22)(H,20,24)/t17-/m1/s1. The number of nitrogens with one attached hydrogen (secondary N) is 2. The first kappa shape index (κ1) is 18.3. The molecule has 24 heavy (non-hydrogen) atoms. The van der Waals surface area contributed by atoms with Crippen molar-refractivity contribution in [2.75, 3.05) is 13.1 Å². The number of amides is 4. The molecule has 0 aromatic heterocycles. The second kappa shape index (κ2) is 7.21. The molecule has 1 aromatic rings. The molecule has 1 heterocycles. The summed E-state index contributed by atoms with van der Waals surface area (Å²) < 4.78 is 0. The van der Waals surface area contributed by atoms with Gasteiger partial charge < -0.3 is 10.6 Å². The lowest BCUT2D eigenvalue weighted by atomic mass is 9.92. The summed E-state index contributed by atoms with van der Waals surface area (Å²) in [5.41, 5.74) is -0.576. The second-order valence-corrected chi connectivity index (χ2v) is 6.92. The van der Waals surface area contributed by atoms with Gasteiger partial charge in [-0.25, -0.2) is 4.79 Å². The molecule has 2 N–H and O–H groups in total. The van der Waals surface area contributed by atoms with E-state index in [0.29, 0.717) is 23.0 Å². The zero-order valence-corrected chi connectivity index (χ0v) is 14.8. The van der Waals surface area contributed by atoms with Gasteiger partial charge in [0.1, 0.15) is 12.1 Å². The van der Waals surface area contributed by atoms with Crippen LogP contribution in [0.4, 0.5) is 4.79 Å². The minimum absolute atomic E-state index is 0.286. The van der Waals surface area contributed by atoms with Crippen LogP contribution in [0.2, 0.25) is 5.02 Å². The minimum Gasteiger partial charge on any atom is -0.355 e. The largest absolute Gasteiger partial charge is 0.355 e. The summed E-state index contributed by atoms with van der Waals surface area (Å²) >= 11 is 5.86. The van der Waals surface area contributed by atoms with Gasteiger partial charge in [-0.3, -0.25) is 14.5 Å². The molecule has 1 aliphatic rings. The highest BCUT2D eigenvalue weighted by Gasteiger charge is 2.49. The van der Waals surface area contributed by atoms with Gasteiger partial charge >= 0.3 is 6.03 Å². The topological polar surface area (TPSA) is 78.5 Å². The number of hydrogen-bond acceptors (Lipinski definition) is 3. The van der Waals surface area contributed by atoms with E-state index >= 15 is 0 Å². The predicted octanol–water partition coefficient (Wildman–Crippen LogP) is 2.27. The Labute approximate surface area is 146 Å². The molecule has 0 spiro atoms. The van der Waals surface area contributed by atoms with Gasteiger partial charge in [0.05, 0.1) is 0 Å². The third kappa shape index (κ3) is 3.87. The summed E-state index contributed by atoms with van der Waals surface area (Å²) in [5.74, 6) is -0.330. The van der Waals surface area contributed by atoms with E-state index in [1.54, 1.807) is 31.2 Å². The van der Waals surface area contributed by atoms with Crippen molar-refractivity contribution in [2.24, 2.45) is 5.92 Å². The Morgan fingerprint density at radius 1 is 1.29 bits per heavy atom. The van der Waals surface area contributed by atoms with Crippen molar-refractivity contribution in [3.8, 4) is 0 Å². The van der Waals surface area contributed by atoms with Gasteiger partial charge in [-0.15, -0.1) is 0 Å². The highest BCUT2D eigenvalue weighted by atomic mass is 35.5. The minimum atomic E-state index is -1.19. The van der Waals surface area contributed by atoms with Crippen molar-refractivity contribution in [3.05, 3.63) is 34.9 Å². The fraction of sp³-hybridized carbons (Fsp3) is 0.471. The van der Waals surface area contributed by atoms with E-state index in [-0.39, 0.29) is 12.5 Å². The molecule has 0 radical (unpaired) electrons. The molecule has 1 saturated heterocycles. The fourth-order valence-corrected chi connectivity index (χ4v) is 2.65. The van der Waals surface area contributed by atoms with Gasteiger partial charge in [-0.2, -0.15) is 0 Å². The van der Waals surface area contributed by atoms with E-state index in [9.17, 15) is 14.4 Å². The number of nitrogens with zero attached hydrogens (tertiary/aromatic N) is 1. The average Bonchev–Trinajstić information content (AvgIpc) is 2.72. The lowest BCUT2D eigenvalue weighted by Crippen LogP contribution is -2.43. The molecule has 0 bridgehead atoms. The first-order valence-electron chi connectivity index (χ1n) is 7.91. The maximum Gasteiger partial charge on any atom is 0.325 e. The average molecular weight is 352 g/mol. The predicted molar refractivity (Wildman–Crippen MR) is 91.5 cm³/mol. The summed E-state index contributed by atoms with van der Waals surface area (Å²) in [7, 11) is 0. The summed E-state index contributed by atoms with van der Waals surface area (Å²) in [6, 6.07) is 6.11. The SMILES string of the molecule is CC(C)CCNC(=O)CN1C(=O)N[C@](C)(c2ccc(Cl)cc2)C1=O. The van der Waals surface area contributed by atoms with Crippen molar-refractivity contribution in [1.29, 1.82) is 0 Å². The van der Waals surface area contributed by atoms with E-state index in [2.05, 4.69) is 24.5 Å². The molecule has 0 saturated carbocycles. The summed E-state index contributed by atoms with van der Waals surface area (Å²) in [4.78, 5) is 37.7. The number of hydrogen-bond donors (Lipinski definition) is 2. The number of benzene rings is 1. The van der Waals surface area contributed by atoms with Crippen LogP contribution in [0, 0.1) is 5.92 Å². The van der Waals surface area contributed by atoms with Crippen LogP contribution in [-0.4, -0.2) is 35.8 Å². The van der Waals surface area contributed by atoms with Crippen LogP contribution < -0.4 is 10.6 Å². The van der Waals surface area contributed by atoms with E-state index in [4.69, 9.17) is 11.6 Å². The van der Waals surface area contributed by atoms with E-state index < -0.39 is 17.5 Å². The molecule has 6 nitrogen and oxygen atoms in total. The van der Waals surface area contributed by atoms with E-state index in [1.165, 1.54) is 0 Å². The Balaban J connectivity index is 2.05. The van der Waals surface area contributed by atoms with Gasteiger partial charge in [0.2, 0.25) is 5.91 Å². The van der Waals surface area contributed by atoms with Gasteiger partial charge in [-0.05, 0) is 37.0 Å². The van der Waals surface area contributed by atoms with Crippen LogP contribution >= 0.6 is 11.6 Å². The summed E-state index contributed by atoms with van der Waals surface area (Å²) in [6.45, 7) is 5.97. The Bertz CT molecular complexity index is 645. The number of rotatable bonds is 6. The van der Waals surface area contributed by atoms with Gasteiger partial charge in [-0.1, -0.05) is 37.6 Å². The lowest BCUT2D eigenvalue weighted by Gasteiger charge is -2.22. The van der Waals surface area contributed by atoms with Crippen molar-refractivity contribution in [1.82, 2.24) is 15.5 Å². The number of urea groups is 1. The highest BCUT2D eigenvalue weighted by Crippen LogP contribution is 2.29. The van der Waals surface area contributed by atoms with Crippen molar-refractivity contribution in [3.63, 3.8) is 0 Å². The monoisotopic (exact) mass is 351 g/mol. The van der Waals surface area contributed by atoms with Crippen LogP contribution in [-0.2, 0) is 15.1 Å². The van der Waals surface area contributed by atoms with Gasteiger partial charge in [0, 0.05) is 11.6 Å². The molecule has 130 valence electrons. The Morgan fingerprint density at radius 3 is 2.50 bits per heavy atom. The third-order valence-electron chi connectivity index (χ3n) is 4.04. The second-order valence-electron chi connectivity index (χ2n) is 6.49. The molecule has 1 fully saturated rings. The maximum absolute atomic E-state index is 12.7. The quantitative estimate of drug-likeness (QED) is 0.772. The normalized spacial score (nSPS) is 20.5. The fourth-order valence-electron chi connectivity index (χ4n) is 2.52. The highest BCUT2D eigenvalue weighted by molar-refractivity contribution is 6.30. The Hall–Kier alpha value is -2.08. The molecule has 2 rings (SSSR count). The van der Waals surface area contributed by atoms with Crippen LogP contribution in [0.1, 0.15) is 32.8 Å². The third-order valence-corrected chi connectivity index (χ3v) is 4.29. The molecule has 1 aromatic carbocycles. The Morgan fingerprint density at radius 2 is 1.92 bits per heavy atom. The number of carbonyl (C=O) groups excluding carboxylic acids is 3. The molecule has 4 amide bonds. The molecule has 0 aliphatic carbocycles. The first-order valence-corrected chi connectivity index (χ1v) is 8.28. The number of imide groups is 1. The van der Waals surface area contributed by atoms with Crippen LogP contribution in [0.3, 0.4) is 0 Å². The molecule has 1 atom stereocenters. The number of carbonyl (C=O) groups is 3. The Kier molecular flexibility index (Phi) is 5.49. The summed E-state index contributed by atoms with van der Waals surface area (Å²) in [6.07, 6.45) is 0.842. The lowest BCUT2D eigenvalue weighted by molar-refractivity contribution is -0.134. The smallest absolute Gasteiger partial charge is 0.325 e. The molecule has 1 aliphatic heterocycles. The molecular weight excluding hydrogens is 330 g/mol. The maximum atomic E-state index is 12.7. The van der Waals surface area contributed by atoms with Gasteiger partial charge in [0.15, 0.2) is 0 Å². The molecule has 0 unspecified atom stereocenters. The van der Waals surface area contributed by atoms with E-state index in [1.807, 2.05) is 0 Å². The van der Waals surface area contributed by atoms with Crippen LogP contribution in [0.15, 0.2) is 24.3 Å². The zero-order chi connectivity index (χ0) is 17.9. The number of halogens is 1. The summed E-state index contributed by atoms with van der Waals surface area (Å²) in [5, 5.41) is 5.93. The van der Waals surface area contributed by atoms with Crippen molar-refractivity contribution < 1.29 is 14.4 Å². The van der Waals surface area contributed by atoms with Crippen LogP contribution in [0.25, 0.3) is 0 Å². The van der Waals surface area contributed by atoms with Crippen LogP contribution in [0.5, 0.6) is 0 Å². The van der Waals surface area contributed by atoms with Crippen molar-refractivity contribution in [2.45, 2.75) is 32.7 Å². The zero-order valence-electron chi connectivity index (χ0n) is 14.1. The van der Waals surface area contributed by atoms with E-state index in [0.717, 1.165) is 11.3 Å².